The number of hydrogen-bond donors (Lipinski definition) is 0. The first-order chi connectivity index (χ1) is 39.8. The Bertz CT molecular complexity index is 3610. The van der Waals surface area contributed by atoms with Crippen LogP contribution in [-0.4, -0.2) is 0 Å². The molecule has 402 valence electrons. The average Bonchev–Trinajstić information content (AvgIpc) is 3.96. The minimum Gasteiger partial charge on any atom is -0.310 e. The number of fused-ring (bicyclic) bond motifs is 5. The van der Waals surface area contributed by atoms with E-state index in [2.05, 4.69) is 256 Å². The summed E-state index contributed by atoms with van der Waals surface area (Å²) in [7, 11) is 0. The van der Waals surface area contributed by atoms with Crippen LogP contribution in [0.15, 0.2) is 218 Å². The van der Waals surface area contributed by atoms with Gasteiger partial charge in [-0.2, -0.15) is 0 Å². The van der Waals surface area contributed by atoms with E-state index in [1.807, 2.05) is 0 Å². The molecule has 0 saturated carbocycles. The molecule has 0 spiro atoms. The largest absolute Gasteiger partial charge is 0.310 e. The summed E-state index contributed by atoms with van der Waals surface area (Å²) >= 11 is 0. The Morgan fingerprint density at radius 2 is 0.642 bits per heavy atom. The van der Waals surface area contributed by atoms with Crippen molar-refractivity contribution in [3.63, 3.8) is 0 Å². The molecule has 81 heavy (non-hydrogen) atoms. The molecule has 0 atom stereocenters. The molecule has 0 aliphatic heterocycles. The molecule has 0 heterocycles. The zero-order valence-electron chi connectivity index (χ0n) is 48.1. The van der Waals surface area contributed by atoms with Crippen molar-refractivity contribution in [3.05, 3.63) is 263 Å². The van der Waals surface area contributed by atoms with Crippen LogP contribution in [0.2, 0.25) is 0 Å². The second kappa shape index (κ2) is 22.7. The van der Waals surface area contributed by atoms with Crippen molar-refractivity contribution in [2.24, 2.45) is 0 Å². The molecule has 0 N–H and O–H groups in total. The lowest BCUT2D eigenvalue weighted by atomic mass is 9.70. The zero-order chi connectivity index (χ0) is 54.9. The van der Waals surface area contributed by atoms with E-state index in [1.54, 1.807) is 0 Å². The van der Waals surface area contributed by atoms with Gasteiger partial charge >= 0.3 is 0 Å². The van der Waals surface area contributed by atoms with Crippen LogP contribution in [0.4, 0.5) is 34.1 Å². The standard InChI is InChI=1S/C79H76N2/c1-5-7-9-11-47-79(48-12-10-8-6-2)77-53-67(59-31-41-71(42-32-59)80(69-37-19-55(3)20-38-69)73-17-13-15-61(51-73)65-29-25-57-23-27-63(57)49-65)35-45-75(77)76-46-36-68(54-78(76)79)60-33-43-72(44-34-60)81(70-39-21-56(4)22-40-70)74-18-14-16-62(52-74)66-30-26-58-24-28-64(58)50-66/h13-22,25-26,29-46,49-54H,5-12,23-24,27-28,47-48H2,1-4H3. The van der Waals surface area contributed by atoms with Gasteiger partial charge < -0.3 is 9.80 Å². The average molecular weight is 1050 g/mol. The molecule has 0 amide bonds. The predicted molar refractivity (Wildman–Crippen MR) is 346 cm³/mol. The fourth-order valence-electron chi connectivity index (χ4n) is 13.5. The lowest BCUT2D eigenvalue weighted by Crippen LogP contribution is -2.25. The van der Waals surface area contributed by atoms with Gasteiger partial charge in [-0.25, -0.2) is 0 Å². The molecular weight excluding hydrogens is 977 g/mol. The SMILES string of the molecule is CCCCCCC1(CCCCCC)c2cc(-c3ccc(N(c4ccc(C)cc4)c4cccc(-c5ccc6c(c5)CC6)c4)cc3)ccc2-c2ccc(-c3ccc(N(c4ccc(C)cc4)c4cccc(-c5ccc6c(c5)CC6)c4)cc3)cc21. The molecule has 0 aromatic heterocycles. The van der Waals surface area contributed by atoms with E-state index in [0.717, 1.165) is 47.0 Å². The minimum atomic E-state index is -0.0715. The molecule has 10 aromatic rings. The second-order valence-corrected chi connectivity index (χ2v) is 23.7. The van der Waals surface area contributed by atoms with Crippen LogP contribution in [-0.2, 0) is 31.1 Å². The fourth-order valence-corrected chi connectivity index (χ4v) is 13.5. The van der Waals surface area contributed by atoms with Gasteiger partial charge in [0.05, 0.1) is 0 Å². The Balaban J connectivity index is 0.845. The van der Waals surface area contributed by atoms with E-state index in [9.17, 15) is 0 Å². The quantitative estimate of drug-likeness (QED) is 0.0702. The highest BCUT2D eigenvalue weighted by atomic mass is 15.1. The van der Waals surface area contributed by atoms with Gasteiger partial charge in [0.25, 0.3) is 0 Å². The topological polar surface area (TPSA) is 6.48 Å². The van der Waals surface area contributed by atoms with Gasteiger partial charge in [-0.1, -0.05) is 210 Å². The highest BCUT2D eigenvalue weighted by Gasteiger charge is 2.43. The maximum atomic E-state index is 2.60. The molecule has 3 aliphatic carbocycles. The second-order valence-electron chi connectivity index (χ2n) is 23.7. The lowest BCUT2D eigenvalue weighted by Gasteiger charge is -2.33. The first-order valence-corrected chi connectivity index (χ1v) is 30.5. The van der Waals surface area contributed by atoms with Crippen LogP contribution in [0.1, 0.15) is 123 Å². The van der Waals surface area contributed by atoms with Crippen LogP contribution in [0.25, 0.3) is 55.6 Å². The third-order valence-corrected chi connectivity index (χ3v) is 18.4. The van der Waals surface area contributed by atoms with Crippen molar-refractivity contribution in [2.75, 3.05) is 9.80 Å². The number of unbranched alkanes of at least 4 members (excludes halogenated alkanes) is 6. The smallest absolute Gasteiger partial charge is 0.0467 e. The van der Waals surface area contributed by atoms with E-state index in [4.69, 9.17) is 0 Å². The van der Waals surface area contributed by atoms with Crippen LogP contribution in [0.3, 0.4) is 0 Å². The van der Waals surface area contributed by atoms with Crippen molar-refractivity contribution in [1.29, 1.82) is 0 Å². The normalized spacial score (nSPS) is 13.3. The molecule has 3 aliphatic rings. The number of rotatable bonds is 20. The zero-order valence-corrected chi connectivity index (χ0v) is 48.1. The van der Waals surface area contributed by atoms with Gasteiger partial charge in [0.15, 0.2) is 0 Å². The molecule has 10 aromatic carbocycles. The number of nitrogens with zero attached hydrogens (tertiary/aromatic N) is 2. The maximum absolute atomic E-state index is 2.60. The number of benzene rings is 10. The number of aryl methyl sites for hydroxylation is 6. The Hall–Kier alpha value is -8.20. The summed E-state index contributed by atoms with van der Waals surface area (Å²) in [5.41, 5.74) is 31.4. The third kappa shape index (κ3) is 10.4. The van der Waals surface area contributed by atoms with Gasteiger partial charge in [0.1, 0.15) is 0 Å². The summed E-state index contributed by atoms with van der Waals surface area (Å²) in [5.74, 6) is 0. The van der Waals surface area contributed by atoms with Crippen LogP contribution in [0.5, 0.6) is 0 Å². The molecule has 0 bridgehead atoms. The van der Waals surface area contributed by atoms with E-state index < -0.39 is 0 Å². The first kappa shape index (κ1) is 52.2. The van der Waals surface area contributed by atoms with Crippen LogP contribution >= 0.6 is 0 Å². The summed E-state index contributed by atoms with van der Waals surface area (Å²) in [5, 5.41) is 0. The monoisotopic (exact) mass is 1050 g/mol. The van der Waals surface area contributed by atoms with Crippen molar-refractivity contribution >= 4 is 34.1 Å². The summed E-state index contributed by atoms with van der Waals surface area (Å²) in [6.45, 7) is 9.02. The van der Waals surface area contributed by atoms with E-state index >= 15 is 0 Å². The van der Waals surface area contributed by atoms with Gasteiger partial charge in [-0.15, -0.1) is 0 Å². The van der Waals surface area contributed by atoms with Gasteiger partial charge in [0.2, 0.25) is 0 Å². The Kier molecular flexibility index (Phi) is 14.7. The van der Waals surface area contributed by atoms with Crippen molar-refractivity contribution in [1.82, 2.24) is 0 Å². The number of hydrogen-bond acceptors (Lipinski definition) is 2. The summed E-state index contributed by atoms with van der Waals surface area (Å²) in [6.07, 6.45) is 17.1. The van der Waals surface area contributed by atoms with Crippen LogP contribution < -0.4 is 9.80 Å². The van der Waals surface area contributed by atoms with Crippen LogP contribution in [0, 0.1) is 13.8 Å². The Labute approximate surface area is 482 Å². The summed E-state index contributed by atoms with van der Waals surface area (Å²) in [6, 6.07) is 83.9. The minimum absolute atomic E-state index is 0.0715. The molecule has 2 heteroatoms. The molecule has 2 nitrogen and oxygen atoms in total. The third-order valence-electron chi connectivity index (χ3n) is 18.4. The predicted octanol–water partition coefficient (Wildman–Crippen LogP) is 22.3. The van der Waals surface area contributed by atoms with Gasteiger partial charge in [0, 0.05) is 39.5 Å². The van der Waals surface area contributed by atoms with E-state index in [-0.39, 0.29) is 5.41 Å². The van der Waals surface area contributed by atoms with E-state index in [1.165, 1.54) is 177 Å². The Morgan fingerprint density at radius 3 is 1.01 bits per heavy atom. The maximum Gasteiger partial charge on any atom is 0.0467 e. The van der Waals surface area contributed by atoms with Gasteiger partial charge in [-0.05, 0) is 226 Å². The molecule has 0 saturated heterocycles. The van der Waals surface area contributed by atoms with E-state index in [0.29, 0.717) is 0 Å². The van der Waals surface area contributed by atoms with Crippen molar-refractivity contribution < 1.29 is 0 Å². The number of anilines is 6. The summed E-state index contributed by atoms with van der Waals surface area (Å²) < 4.78 is 0. The molecular formula is C79H76N2. The molecule has 13 rings (SSSR count). The highest BCUT2D eigenvalue weighted by molar-refractivity contribution is 5.88. The molecule has 0 radical (unpaired) electrons. The van der Waals surface area contributed by atoms with Gasteiger partial charge in [-0.3, -0.25) is 0 Å². The van der Waals surface area contributed by atoms with Crippen molar-refractivity contribution in [3.8, 4) is 55.6 Å². The fraction of sp³-hybridized carbons (Fsp3) is 0.241. The lowest BCUT2D eigenvalue weighted by molar-refractivity contribution is 0.401. The highest BCUT2D eigenvalue weighted by Crippen LogP contribution is 2.56. The molecule has 0 unspecified atom stereocenters. The van der Waals surface area contributed by atoms with Crippen molar-refractivity contribution in [2.45, 2.75) is 123 Å². The Morgan fingerprint density at radius 1 is 0.296 bits per heavy atom. The first-order valence-electron chi connectivity index (χ1n) is 30.5. The summed E-state index contributed by atoms with van der Waals surface area (Å²) in [4.78, 5) is 4.84. The molecule has 0 fully saturated rings.